The van der Waals surface area contributed by atoms with Gasteiger partial charge >= 0.3 is 5.97 Å². The van der Waals surface area contributed by atoms with Crippen LogP contribution in [0.2, 0.25) is 10.0 Å². The Hall–Kier alpha value is -1.34. The molecule has 0 spiro atoms. The Kier molecular flexibility index (Phi) is 8.19. The molecule has 0 bridgehead atoms. The Bertz CT molecular complexity index is 526. The third-order valence-corrected chi connectivity index (χ3v) is 3.37. The fraction of sp³-hybridized carbons (Fsp3) is 0.429. The predicted molar refractivity (Wildman–Crippen MR) is 85.6 cm³/mol. The molecule has 0 heterocycles. The second kappa shape index (κ2) is 9.63. The van der Waals surface area contributed by atoms with Crippen molar-refractivity contribution in [2.75, 3.05) is 25.6 Å². The molecule has 22 heavy (non-hydrogen) atoms. The summed E-state index contributed by atoms with van der Waals surface area (Å²) in [6.07, 6.45) is 0.438. The molecule has 0 saturated carbocycles. The number of hydrogen-bond donors (Lipinski definition) is 3. The molecule has 0 aliphatic heterocycles. The molecule has 0 radical (unpaired) electrons. The Morgan fingerprint density at radius 1 is 1.36 bits per heavy atom. The lowest BCUT2D eigenvalue weighted by Crippen LogP contribution is -2.40. The summed E-state index contributed by atoms with van der Waals surface area (Å²) in [5.41, 5.74) is 0.350. The number of methoxy groups -OCH3 is 1. The van der Waals surface area contributed by atoms with Crippen molar-refractivity contribution >= 4 is 40.8 Å². The van der Waals surface area contributed by atoms with E-state index in [1.807, 2.05) is 0 Å². The zero-order valence-corrected chi connectivity index (χ0v) is 13.6. The molecule has 8 heteroatoms. The Labute approximate surface area is 138 Å². The van der Waals surface area contributed by atoms with Crippen molar-refractivity contribution in [3.05, 3.63) is 28.2 Å². The number of benzene rings is 1. The molecule has 0 aliphatic rings. The number of hydrogen-bond acceptors (Lipinski definition) is 4. The number of aliphatic carboxylic acids is 1. The van der Waals surface area contributed by atoms with E-state index in [4.69, 9.17) is 33.0 Å². The first-order valence-corrected chi connectivity index (χ1v) is 7.39. The van der Waals surface area contributed by atoms with Gasteiger partial charge in [-0.15, -0.1) is 0 Å². The molecule has 0 unspecified atom stereocenters. The van der Waals surface area contributed by atoms with Crippen LogP contribution in [0.15, 0.2) is 18.2 Å². The van der Waals surface area contributed by atoms with E-state index >= 15 is 0 Å². The summed E-state index contributed by atoms with van der Waals surface area (Å²) >= 11 is 11.8. The van der Waals surface area contributed by atoms with Gasteiger partial charge in [0.05, 0.1) is 17.1 Å². The normalized spacial score (nSPS) is 12.0. The van der Waals surface area contributed by atoms with Gasteiger partial charge in [0, 0.05) is 18.7 Å². The zero-order valence-electron chi connectivity index (χ0n) is 12.1. The minimum atomic E-state index is -1.09. The molecule has 1 aromatic carbocycles. The van der Waals surface area contributed by atoms with E-state index < -0.39 is 17.9 Å². The molecule has 0 aromatic heterocycles. The first kappa shape index (κ1) is 18.7. The summed E-state index contributed by atoms with van der Waals surface area (Å²) in [6, 6.07) is 3.67. The lowest BCUT2D eigenvalue weighted by molar-refractivity contribution is -0.141. The van der Waals surface area contributed by atoms with E-state index in [-0.39, 0.29) is 6.42 Å². The summed E-state index contributed by atoms with van der Waals surface area (Å²) in [4.78, 5) is 23.1. The molecule has 1 aromatic rings. The topological polar surface area (TPSA) is 87.7 Å². The van der Waals surface area contributed by atoms with E-state index in [1.54, 1.807) is 19.2 Å². The second-order valence-electron chi connectivity index (χ2n) is 4.57. The van der Waals surface area contributed by atoms with Crippen LogP contribution >= 0.6 is 23.2 Å². The van der Waals surface area contributed by atoms with Gasteiger partial charge in [-0.05, 0) is 31.2 Å². The van der Waals surface area contributed by atoms with Gasteiger partial charge < -0.3 is 20.5 Å². The highest BCUT2D eigenvalue weighted by Crippen LogP contribution is 2.25. The van der Waals surface area contributed by atoms with Crippen molar-refractivity contribution in [1.82, 2.24) is 5.32 Å². The standard InChI is InChI=1S/C14H18Cl2N2O4/c1-22-6-2-5-17-12(14(20)21)8-13(19)18-11-7-9(15)3-4-10(11)16/h3-4,7,12,17H,2,5-6,8H2,1H3,(H,18,19)(H,20,21)/t12-/m0/s1. The van der Waals surface area contributed by atoms with Gasteiger partial charge in [0.2, 0.25) is 5.91 Å². The van der Waals surface area contributed by atoms with Crippen molar-refractivity contribution in [3.8, 4) is 0 Å². The Morgan fingerprint density at radius 3 is 2.73 bits per heavy atom. The van der Waals surface area contributed by atoms with Crippen molar-refractivity contribution in [1.29, 1.82) is 0 Å². The van der Waals surface area contributed by atoms with Crippen LogP contribution in [0.3, 0.4) is 0 Å². The van der Waals surface area contributed by atoms with Crippen LogP contribution in [0.4, 0.5) is 5.69 Å². The van der Waals surface area contributed by atoms with Crippen LogP contribution in [0, 0.1) is 0 Å². The molecule has 1 amide bonds. The Morgan fingerprint density at radius 2 is 2.09 bits per heavy atom. The number of carboxylic acids is 1. The highest BCUT2D eigenvalue weighted by atomic mass is 35.5. The number of nitrogens with one attached hydrogen (secondary N) is 2. The van der Waals surface area contributed by atoms with E-state index in [2.05, 4.69) is 10.6 Å². The van der Waals surface area contributed by atoms with Gasteiger partial charge in [-0.1, -0.05) is 23.2 Å². The van der Waals surface area contributed by atoms with Crippen LogP contribution in [0.1, 0.15) is 12.8 Å². The maximum Gasteiger partial charge on any atom is 0.321 e. The number of rotatable bonds is 9. The average Bonchev–Trinajstić information content (AvgIpc) is 2.46. The van der Waals surface area contributed by atoms with Gasteiger partial charge in [0.25, 0.3) is 0 Å². The van der Waals surface area contributed by atoms with Crippen molar-refractivity contribution in [2.45, 2.75) is 18.9 Å². The van der Waals surface area contributed by atoms with E-state index in [1.165, 1.54) is 6.07 Å². The van der Waals surface area contributed by atoms with Crippen LogP contribution < -0.4 is 10.6 Å². The smallest absolute Gasteiger partial charge is 0.321 e. The van der Waals surface area contributed by atoms with Gasteiger partial charge in [-0.25, -0.2) is 0 Å². The molecular formula is C14H18Cl2N2O4. The maximum atomic E-state index is 11.9. The molecule has 3 N–H and O–H groups in total. The highest BCUT2D eigenvalue weighted by Gasteiger charge is 2.21. The zero-order chi connectivity index (χ0) is 16.5. The second-order valence-corrected chi connectivity index (χ2v) is 5.41. The summed E-state index contributed by atoms with van der Waals surface area (Å²) in [5, 5.41) is 15.2. The number of ether oxygens (including phenoxy) is 1. The maximum absolute atomic E-state index is 11.9. The minimum Gasteiger partial charge on any atom is -0.480 e. The number of halogens is 2. The monoisotopic (exact) mass is 348 g/mol. The van der Waals surface area contributed by atoms with E-state index in [9.17, 15) is 9.59 Å². The minimum absolute atomic E-state index is 0.217. The van der Waals surface area contributed by atoms with Crippen LogP contribution in [0.25, 0.3) is 0 Å². The van der Waals surface area contributed by atoms with Crippen molar-refractivity contribution in [3.63, 3.8) is 0 Å². The van der Waals surface area contributed by atoms with Gasteiger partial charge in [-0.3, -0.25) is 9.59 Å². The summed E-state index contributed by atoms with van der Waals surface area (Å²) in [7, 11) is 1.57. The largest absolute Gasteiger partial charge is 0.480 e. The number of anilines is 1. The van der Waals surface area contributed by atoms with Crippen molar-refractivity contribution < 1.29 is 19.4 Å². The van der Waals surface area contributed by atoms with Crippen LogP contribution in [-0.4, -0.2) is 43.3 Å². The van der Waals surface area contributed by atoms with E-state index in [0.29, 0.717) is 35.3 Å². The molecule has 1 atom stereocenters. The number of carbonyl (C=O) groups is 2. The third kappa shape index (κ3) is 6.62. The third-order valence-electron chi connectivity index (χ3n) is 2.81. The molecule has 0 aliphatic carbocycles. The molecule has 1 rings (SSSR count). The molecule has 0 saturated heterocycles. The summed E-state index contributed by atoms with van der Waals surface area (Å²) in [6.45, 7) is 0.958. The lowest BCUT2D eigenvalue weighted by atomic mass is 10.2. The van der Waals surface area contributed by atoms with Gasteiger partial charge in [-0.2, -0.15) is 0 Å². The first-order valence-electron chi connectivity index (χ1n) is 6.64. The van der Waals surface area contributed by atoms with Crippen molar-refractivity contribution in [2.24, 2.45) is 0 Å². The number of carbonyl (C=O) groups excluding carboxylic acids is 1. The highest BCUT2D eigenvalue weighted by molar-refractivity contribution is 6.35. The molecule has 0 fully saturated rings. The quantitative estimate of drug-likeness (QED) is 0.596. The fourth-order valence-electron chi connectivity index (χ4n) is 1.72. The van der Waals surface area contributed by atoms with E-state index in [0.717, 1.165) is 0 Å². The molecular weight excluding hydrogens is 331 g/mol. The van der Waals surface area contributed by atoms with Crippen LogP contribution in [0.5, 0.6) is 0 Å². The molecule has 6 nitrogen and oxygen atoms in total. The SMILES string of the molecule is COCCCN[C@@H](CC(=O)Nc1cc(Cl)ccc1Cl)C(=O)O. The fourth-order valence-corrected chi connectivity index (χ4v) is 2.06. The predicted octanol–water partition coefficient (Wildman–Crippen LogP) is 2.40. The average molecular weight is 349 g/mol. The first-order chi connectivity index (χ1) is 10.4. The van der Waals surface area contributed by atoms with Gasteiger partial charge in [0.15, 0.2) is 0 Å². The summed E-state index contributed by atoms with van der Waals surface area (Å²) in [5.74, 6) is -1.56. The lowest BCUT2D eigenvalue weighted by Gasteiger charge is -2.14. The summed E-state index contributed by atoms with van der Waals surface area (Å²) < 4.78 is 4.87. The Balaban J connectivity index is 2.56. The van der Waals surface area contributed by atoms with Crippen LogP contribution in [-0.2, 0) is 14.3 Å². The number of amides is 1. The van der Waals surface area contributed by atoms with Gasteiger partial charge in [0.1, 0.15) is 6.04 Å². The number of carboxylic acid groups (broad SMARTS) is 1. The molecule has 122 valence electrons.